The Balaban J connectivity index is 1.49. The Hall–Kier alpha value is -2.08. The zero-order valence-corrected chi connectivity index (χ0v) is 15.0. The zero-order chi connectivity index (χ0) is 18.0. The topological polar surface area (TPSA) is 64.1 Å². The van der Waals surface area contributed by atoms with Crippen LogP contribution in [-0.2, 0) is 9.59 Å². The Kier molecular flexibility index (Phi) is 5.27. The number of phenolic OH excluding ortho intramolecular Hbond substituents is 1. The van der Waals surface area contributed by atoms with Crippen molar-refractivity contribution in [3.63, 3.8) is 0 Å². The van der Waals surface area contributed by atoms with Crippen LogP contribution in [0.3, 0.4) is 0 Å². The fourth-order valence-corrected chi connectivity index (χ4v) is 3.25. The van der Waals surface area contributed by atoms with Crippen LogP contribution in [0.4, 0.5) is 0 Å². The molecule has 6 nitrogen and oxygen atoms in total. The molecule has 1 heterocycles. The number of likely N-dealkylation sites (N-methyl/N-ethyl adjacent to an activating group) is 1. The monoisotopic (exact) mass is 345 g/mol. The van der Waals surface area contributed by atoms with E-state index in [4.69, 9.17) is 0 Å². The summed E-state index contributed by atoms with van der Waals surface area (Å²) in [5.74, 6) is 0.840. The maximum atomic E-state index is 12.6. The lowest BCUT2D eigenvalue weighted by Crippen LogP contribution is -2.52. The summed E-state index contributed by atoms with van der Waals surface area (Å²) < 4.78 is 0. The van der Waals surface area contributed by atoms with Crippen LogP contribution in [0.15, 0.2) is 24.3 Å². The van der Waals surface area contributed by atoms with Gasteiger partial charge in [-0.15, -0.1) is 0 Å². The molecular weight excluding hydrogens is 318 g/mol. The van der Waals surface area contributed by atoms with Gasteiger partial charge in [-0.1, -0.05) is 12.1 Å². The lowest BCUT2D eigenvalue weighted by Gasteiger charge is -2.36. The summed E-state index contributed by atoms with van der Waals surface area (Å²) in [4.78, 5) is 30.4. The third-order valence-electron chi connectivity index (χ3n) is 5.27. The second-order valence-corrected chi connectivity index (χ2v) is 7.17. The molecular formula is C19H27N3O3. The number of rotatable bonds is 5. The Labute approximate surface area is 149 Å². The largest absolute Gasteiger partial charge is 0.508 e. The lowest BCUT2D eigenvalue weighted by atomic mass is 10.1. The number of carbonyl (C=O) groups is 2. The zero-order valence-electron chi connectivity index (χ0n) is 15.0. The molecule has 1 atom stereocenters. The van der Waals surface area contributed by atoms with Crippen LogP contribution >= 0.6 is 0 Å². The van der Waals surface area contributed by atoms with E-state index in [1.54, 1.807) is 12.1 Å². The summed E-state index contributed by atoms with van der Waals surface area (Å²) in [6.07, 6.45) is 2.05. The second-order valence-electron chi connectivity index (χ2n) is 7.17. The highest BCUT2D eigenvalue weighted by Crippen LogP contribution is 2.31. The van der Waals surface area contributed by atoms with Crippen LogP contribution in [0, 0.1) is 5.92 Å². The predicted molar refractivity (Wildman–Crippen MR) is 95.0 cm³/mol. The van der Waals surface area contributed by atoms with E-state index >= 15 is 0 Å². The number of benzene rings is 1. The smallest absolute Gasteiger partial charge is 0.236 e. The molecule has 0 spiro atoms. The molecule has 2 amide bonds. The van der Waals surface area contributed by atoms with Gasteiger partial charge in [0.05, 0.1) is 6.54 Å². The van der Waals surface area contributed by atoms with Gasteiger partial charge in [0.2, 0.25) is 11.8 Å². The van der Waals surface area contributed by atoms with Crippen LogP contribution in [0.2, 0.25) is 0 Å². The minimum atomic E-state index is 0.0359. The predicted octanol–water partition coefficient (Wildman–Crippen LogP) is 1.47. The first-order valence-corrected chi connectivity index (χ1v) is 9.01. The third-order valence-corrected chi connectivity index (χ3v) is 5.27. The van der Waals surface area contributed by atoms with Gasteiger partial charge in [0.25, 0.3) is 0 Å². The summed E-state index contributed by atoms with van der Waals surface area (Å²) in [6.45, 7) is 4.87. The molecule has 2 aliphatic rings. The van der Waals surface area contributed by atoms with E-state index in [2.05, 4.69) is 0 Å². The molecule has 136 valence electrons. The first-order valence-electron chi connectivity index (χ1n) is 9.01. The third kappa shape index (κ3) is 4.31. The number of carbonyl (C=O) groups excluding carboxylic acids is 2. The molecule has 0 bridgehead atoms. The molecule has 1 N–H and O–H groups in total. The van der Waals surface area contributed by atoms with Gasteiger partial charge in [-0.05, 0) is 44.5 Å². The van der Waals surface area contributed by atoms with E-state index in [1.807, 2.05) is 40.8 Å². The Morgan fingerprint density at radius 2 is 1.84 bits per heavy atom. The van der Waals surface area contributed by atoms with Gasteiger partial charge in [0, 0.05) is 38.1 Å². The highest BCUT2D eigenvalue weighted by atomic mass is 16.3. The molecule has 6 heteroatoms. The summed E-state index contributed by atoms with van der Waals surface area (Å²) in [6, 6.07) is 7.17. The minimum absolute atomic E-state index is 0.0359. The average molecular weight is 345 g/mol. The van der Waals surface area contributed by atoms with E-state index in [9.17, 15) is 14.7 Å². The average Bonchev–Trinajstić information content (AvgIpc) is 3.45. The van der Waals surface area contributed by atoms with Crippen LogP contribution in [0.1, 0.15) is 31.4 Å². The summed E-state index contributed by atoms with van der Waals surface area (Å²) >= 11 is 0. The van der Waals surface area contributed by atoms with Crippen molar-refractivity contribution in [2.75, 3.05) is 39.8 Å². The summed E-state index contributed by atoms with van der Waals surface area (Å²) in [5.41, 5.74) is 0.982. The maximum Gasteiger partial charge on any atom is 0.236 e. The van der Waals surface area contributed by atoms with Gasteiger partial charge >= 0.3 is 0 Å². The number of hydrogen-bond acceptors (Lipinski definition) is 4. The van der Waals surface area contributed by atoms with Gasteiger partial charge in [0.1, 0.15) is 5.75 Å². The van der Waals surface area contributed by atoms with E-state index in [1.165, 1.54) is 0 Å². The Morgan fingerprint density at radius 1 is 1.20 bits per heavy atom. The number of amides is 2. The van der Waals surface area contributed by atoms with Crippen molar-refractivity contribution in [2.24, 2.45) is 5.92 Å². The fraction of sp³-hybridized carbons (Fsp3) is 0.579. The standard InChI is InChI=1S/C19H27N3O3/c1-14(16-4-3-5-17(23)12-16)20(2)13-18(24)21-8-10-22(11-9-21)19(25)15-6-7-15/h3-5,12,14-15,23H,6-11,13H2,1-2H3/t14-/m0/s1. The van der Waals surface area contributed by atoms with Crippen molar-refractivity contribution >= 4 is 11.8 Å². The highest BCUT2D eigenvalue weighted by molar-refractivity contribution is 5.82. The molecule has 25 heavy (non-hydrogen) atoms. The van der Waals surface area contributed by atoms with Gasteiger partial charge in [-0.2, -0.15) is 0 Å². The molecule has 1 aromatic carbocycles. The van der Waals surface area contributed by atoms with Gasteiger partial charge < -0.3 is 14.9 Å². The minimum Gasteiger partial charge on any atom is -0.508 e. The number of phenols is 1. The number of nitrogens with zero attached hydrogens (tertiary/aromatic N) is 3. The Bertz CT molecular complexity index is 637. The van der Waals surface area contributed by atoms with E-state index in [0.29, 0.717) is 32.7 Å². The number of piperazine rings is 1. The van der Waals surface area contributed by atoms with Crippen molar-refractivity contribution in [3.05, 3.63) is 29.8 Å². The Morgan fingerprint density at radius 3 is 2.44 bits per heavy atom. The summed E-state index contributed by atoms with van der Waals surface area (Å²) in [7, 11) is 1.92. The van der Waals surface area contributed by atoms with Crippen molar-refractivity contribution in [2.45, 2.75) is 25.8 Å². The van der Waals surface area contributed by atoms with Gasteiger partial charge in [0.15, 0.2) is 0 Å². The van der Waals surface area contributed by atoms with Crippen molar-refractivity contribution < 1.29 is 14.7 Å². The van der Waals surface area contributed by atoms with Crippen molar-refractivity contribution in [1.82, 2.24) is 14.7 Å². The van der Waals surface area contributed by atoms with E-state index in [0.717, 1.165) is 18.4 Å². The molecule has 0 radical (unpaired) electrons. The maximum absolute atomic E-state index is 12.6. The molecule has 1 aliphatic carbocycles. The lowest BCUT2D eigenvalue weighted by molar-refractivity contribution is -0.141. The first-order chi connectivity index (χ1) is 12.0. The molecule has 1 saturated heterocycles. The molecule has 1 aromatic rings. The van der Waals surface area contributed by atoms with Crippen molar-refractivity contribution in [1.29, 1.82) is 0 Å². The van der Waals surface area contributed by atoms with Crippen LogP contribution in [0.5, 0.6) is 5.75 Å². The number of aromatic hydroxyl groups is 1. The van der Waals surface area contributed by atoms with Crippen LogP contribution in [0.25, 0.3) is 0 Å². The quantitative estimate of drug-likeness (QED) is 0.878. The second kappa shape index (κ2) is 7.44. The van der Waals surface area contributed by atoms with Crippen LogP contribution < -0.4 is 0 Å². The molecule has 1 aliphatic heterocycles. The first kappa shape index (κ1) is 17.7. The number of hydrogen-bond donors (Lipinski definition) is 1. The SMILES string of the molecule is C[C@@H](c1cccc(O)c1)N(C)CC(=O)N1CCN(C(=O)C2CC2)CC1. The van der Waals surface area contributed by atoms with E-state index < -0.39 is 0 Å². The van der Waals surface area contributed by atoms with Gasteiger partial charge in [-0.3, -0.25) is 14.5 Å². The fourth-order valence-electron chi connectivity index (χ4n) is 3.25. The van der Waals surface area contributed by atoms with Crippen molar-refractivity contribution in [3.8, 4) is 5.75 Å². The molecule has 3 rings (SSSR count). The molecule has 0 aromatic heterocycles. The molecule has 1 saturated carbocycles. The van der Waals surface area contributed by atoms with Crippen LogP contribution in [-0.4, -0.2) is 71.4 Å². The summed E-state index contributed by atoms with van der Waals surface area (Å²) in [5, 5.41) is 9.62. The van der Waals surface area contributed by atoms with E-state index in [-0.39, 0.29) is 29.5 Å². The normalized spacial score (nSPS) is 19.2. The highest BCUT2D eigenvalue weighted by Gasteiger charge is 2.35. The van der Waals surface area contributed by atoms with Gasteiger partial charge in [-0.25, -0.2) is 0 Å². The molecule has 0 unspecified atom stereocenters. The molecule has 2 fully saturated rings.